The number of nitrogens with two attached hydrogens (primary N) is 1. The Labute approximate surface area is 118 Å². The molecule has 0 aromatic carbocycles. The average molecular weight is 296 g/mol. The fourth-order valence-corrected chi connectivity index (χ4v) is 1.51. The van der Waals surface area contributed by atoms with E-state index in [9.17, 15) is 14.4 Å². The van der Waals surface area contributed by atoms with Crippen LogP contribution >= 0.6 is 0 Å². The molecule has 8 heteroatoms. The number of rotatable bonds is 8. The average Bonchev–Trinajstić information content (AvgIpc) is 2.21. The molecule has 112 valence electrons. The molecule has 0 bridgehead atoms. The van der Waals surface area contributed by atoms with Gasteiger partial charge in [0.05, 0.1) is 0 Å². The van der Waals surface area contributed by atoms with Gasteiger partial charge in [-0.05, 0) is 12.3 Å². The Morgan fingerprint density at radius 1 is 1.32 bits per heavy atom. The molecule has 0 aliphatic rings. The van der Waals surface area contributed by atoms with Crippen molar-refractivity contribution in [2.75, 3.05) is 0 Å². The Kier molecular flexibility index (Phi) is 10.1. The van der Waals surface area contributed by atoms with Crippen LogP contribution in [-0.4, -0.2) is 35.0 Å². The summed E-state index contributed by atoms with van der Waals surface area (Å²) in [6.07, 6.45) is 0.488. The van der Waals surface area contributed by atoms with Gasteiger partial charge < -0.3 is 34.3 Å². The number of primary amides is 1. The first-order valence-electron chi connectivity index (χ1n) is 5.88. The molecule has 7 N–H and O–H groups in total. The molecule has 0 aromatic rings. The van der Waals surface area contributed by atoms with Crippen molar-refractivity contribution in [1.29, 1.82) is 0 Å². The van der Waals surface area contributed by atoms with Gasteiger partial charge in [-0.2, -0.15) is 0 Å². The van der Waals surface area contributed by atoms with Gasteiger partial charge in [0.2, 0.25) is 5.91 Å². The van der Waals surface area contributed by atoms with Crippen LogP contribution in [0, 0.1) is 5.92 Å². The third-order valence-corrected chi connectivity index (χ3v) is 2.42. The van der Waals surface area contributed by atoms with Gasteiger partial charge in [0.25, 0.3) is 5.91 Å². The molecular weight excluding hydrogens is 274 g/mol. The van der Waals surface area contributed by atoms with E-state index in [0.29, 0.717) is 12.3 Å². The highest BCUT2D eigenvalue weighted by Crippen LogP contribution is 2.03. The number of carbonyl (C=O) groups excluding carboxylic acids is 2. The molecule has 7 nitrogen and oxygen atoms in total. The Morgan fingerprint density at radius 3 is 2.21 bits per heavy atom. The molecule has 0 saturated carbocycles. The van der Waals surface area contributed by atoms with Crippen LogP contribution in [0.5, 0.6) is 0 Å². The normalized spacial score (nSPS) is 13.3. The third-order valence-electron chi connectivity index (χ3n) is 2.42. The predicted octanol–water partition coefficient (Wildman–Crippen LogP) is -4.52. The highest BCUT2D eigenvalue weighted by Gasteiger charge is 2.25. The highest BCUT2D eigenvalue weighted by atomic mass is 35.5. The summed E-state index contributed by atoms with van der Waals surface area (Å²) in [7, 11) is 0. The molecular formula is C11H22ClN3O4. The van der Waals surface area contributed by atoms with Crippen LogP contribution < -0.4 is 29.2 Å². The van der Waals surface area contributed by atoms with Crippen LogP contribution in [0.25, 0.3) is 0 Å². The summed E-state index contributed by atoms with van der Waals surface area (Å²) in [6, 6.07) is -1.60. The number of halogens is 1. The van der Waals surface area contributed by atoms with Crippen molar-refractivity contribution >= 4 is 17.8 Å². The summed E-state index contributed by atoms with van der Waals surface area (Å²) in [5, 5.41) is 11.3. The van der Waals surface area contributed by atoms with E-state index in [1.807, 2.05) is 13.8 Å². The number of nitrogens with one attached hydrogen (secondary N) is 1. The molecule has 2 unspecified atom stereocenters. The maximum atomic E-state index is 11.7. The molecule has 0 aromatic heterocycles. The van der Waals surface area contributed by atoms with Crippen molar-refractivity contribution < 1.29 is 37.6 Å². The van der Waals surface area contributed by atoms with Gasteiger partial charge in [0, 0.05) is 12.8 Å². The van der Waals surface area contributed by atoms with E-state index in [1.54, 1.807) is 0 Å². The van der Waals surface area contributed by atoms with E-state index < -0.39 is 29.9 Å². The maximum absolute atomic E-state index is 11.7. The smallest absolute Gasteiger partial charge is 0.326 e. The Hall–Kier alpha value is -1.34. The van der Waals surface area contributed by atoms with Crippen molar-refractivity contribution in [3.63, 3.8) is 0 Å². The van der Waals surface area contributed by atoms with Gasteiger partial charge in [-0.25, -0.2) is 4.79 Å². The summed E-state index contributed by atoms with van der Waals surface area (Å²) in [6.45, 7) is 3.90. The van der Waals surface area contributed by atoms with Crippen molar-refractivity contribution in [3.8, 4) is 0 Å². The molecule has 0 spiro atoms. The number of hydrogen-bond acceptors (Lipinski definition) is 3. The topological polar surface area (TPSA) is 137 Å². The number of carboxylic acid groups (broad SMARTS) is 1. The van der Waals surface area contributed by atoms with Crippen LogP contribution in [0.1, 0.15) is 33.1 Å². The zero-order chi connectivity index (χ0) is 14.3. The molecule has 0 aliphatic heterocycles. The summed E-state index contributed by atoms with van der Waals surface area (Å²) in [5.41, 5.74) is 8.63. The zero-order valence-corrected chi connectivity index (χ0v) is 11.9. The first-order chi connectivity index (χ1) is 8.23. The lowest BCUT2D eigenvalue weighted by molar-refractivity contribution is -0.406. The lowest BCUT2D eigenvalue weighted by Crippen LogP contribution is -3.00. The minimum absolute atomic E-state index is 0. The van der Waals surface area contributed by atoms with Crippen LogP contribution in [0.2, 0.25) is 0 Å². The lowest BCUT2D eigenvalue weighted by atomic mass is 10.0. The van der Waals surface area contributed by atoms with Gasteiger partial charge in [-0.1, -0.05) is 13.8 Å². The SMILES string of the molecule is CC(C)CC([NH3+])C(=O)NC(CCC(N)=O)C(=O)O.[Cl-]. The standard InChI is InChI=1S/C11H21N3O4.ClH/c1-6(2)5-7(12)10(16)14-8(11(17)18)3-4-9(13)15;/h6-8H,3-5,12H2,1-2H3,(H2,13,15)(H,14,16)(H,17,18);1H. The summed E-state index contributed by atoms with van der Waals surface area (Å²) in [4.78, 5) is 33.2. The fraction of sp³-hybridized carbons (Fsp3) is 0.727. The number of hydrogen-bond donors (Lipinski definition) is 4. The quantitative estimate of drug-likeness (QED) is 0.358. The zero-order valence-electron chi connectivity index (χ0n) is 11.2. The molecule has 0 rings (SSSR count). The molecule has 0 saturated heterocycles. The first kappa shape index (κ1) is 20.0. The number of carboxylic acids is 1. The van der Waals surface area contributed by atoms with Gasteiger partial charge >= 0.3 is 5.97 Å². The van der Waals surface area contributed by atoms with Crippen molar-refractivity contribution in [3.05, 3.63) is 0 Å². The van der Waals surface area contributed by atoms with Crippen LogP contribution in [0.3, 0.4) is 0 Å². The third kappa shape index (κ3) is 9.26. The first-order valence-corrected chi connectivity index (χ1v) is 5.88. The van der Waals surface area contributed by atoms with E-state index in [4.69, 9.17) is 10.8 Å². The van der Waals surface area contributed by atoms with E-state index in [-0.39, 0.29) is 25.2 Å². The number of aliphatic carboxylic acids is 1. The second-order valence-corrected chi connectivity index (χ2v) is 4.73. The number of quaternary nitrogens is 1. The Balaban J connectivity index is 0. The Morgan fingerprint density at radius 2 is 1.84 bits per heavy atom. The van der Waals surface area contributed by atoms with Crippen LogP contribution in [0.15, 0.2) is 0 Å². The minimum atomic E-state index is -1.18. The van der Waals surface area contributed by atoms with Crippen LogP contribution in [-0.2, 0) is 14.4 Å². The number of carbonyl (C=O) groups is 3. The summed E-state index contributed by atoms with van der Waals surface area (Å²) < 4.78 is 0. The molecule has 2 amide bonds. The maximum Gasteiger partial charge on any atom is 0.326 e. The summed E-state index contributed by atoms with van der Waals surface area (Å²) in [5.74, 6) is -1.89. The predicted molar refractivity (Wildman–Crippen MR) is 64.1 cm³/mol. The Bertz CT molecular complexity index is 323. The van der Waals surface area contributed by atoms with Gasteiger partial charge in [-0.3, -0.25) is 9.59 Å². The minimum Gasteiger partial charge on any atom is -1.00 e. The van der Waals surface area contributed by atoms with E-state index in [0.717, 1.165) is 0 Å². The van der Waals surface area contributed by atoms with E-state index in [2.05, 4.69) is 11.1 Å². The molecule has 19 heavy (non-hydrogen) atoms. The number of amides is 2. The largest absolute Gasteiger partial charge is 1.00 e. The molecule has 0 radical (unpaired) electrons. The highest BCUT2D eigenvalue weighted by molar-refractivity contribution is 5.86. The van der Waals surface area contributed by atoms with Gasteiger partial charge in [0.1, 0.15) is 6.04 Å². The van der Waals surface area contributed by atoms with E-state index >= 15 is 0 Å². The second-order valence-electron chi connectivity index (χ2n) is 4.73. The second kappa shape index (κ2) is 9.57. The summed E-state index contributed by atoms with van der Waals surface area (Å²) >= 11 is 0. The van der Waals surface area contributed by atoms with E-state index in [1.165, 1.54) is 0 Å². The van der Waals surface area contributed by atoms with Crippen molar-refractivity contribution in [1.82, 2.24) is 5.32 Å². The fourth-order valence-electron chi connectivity index (χ4n) is 1.51. The monoisotopic (exact) mass is 295 g/mol. The molecule has 0 heterocycles. The molecule has 2 atom stereocenters. The van der Waals surface area contributed by atoms with Gasteiger partial charge in [-0.15, -0.1) is 0 Å². The van der Waals surface area contributed by atoms with Crippen molar-refractivity contribution in [2.24, 2.45) is 11.7 Å². The van der Waals surface area contributed by atoms with Crippen molar-refractivity contribution in [2.45, 2.75) is 45.2 Å². The molecule has 0 fully saturated rings. The molecule has 0 aliphatic carbocycles. The lowest BCUT2D eigenvalue weighted by Gasteiger charge is -2.16. The van der Waals surface area contributed by atoms with Gasteiger partial charge in [0.15, 0.2) is 6.04 Å². The van der Waals surface area contributed by atoms with Crippen LogP contribution in [0.4, 0.5) is 0 Å².